The number of aliphatic hydroxyl groups is 1. The molecule has 2 saturated heterocycles. The number of aliphatic imine (C=N–C) groups is 1. The van der Waals surface area contributed by atoms with Crippen LogP contribution in [-0.4, -0.2) is 55.4 Å². The molecule has 0 radical (unpaired) electrons. The van der Waals surface area contributed by atoms with Gasteiger partial charge in [-0.05, 0) is 32.3 Å². The lowest BCUT2D eigenvalue weighted by Crippen LogP contribution is -2.41. The third-order valence-corrected chi connectivity index (χ3v) is 5.10. The van der Waals surface area contributed by atoms with Gasteiger partial charge in [-0.15, -0.1) is 0 Å². The van der Waals surface area contributed by atoms with Crippen LogP contribution in [0.4, 0.5) is 0 Å². The number of guanidine groups is 1. The van der Waals surface area contributed by atoms with E-state index < -0.39 is 6.10 Å². The highest BCUT2D eigenvalue weighted by Crippen LogP contribution is 2.38. The number of aryl methyl sites for hydroxylation is 1. The van der Waals surface area contributed by atoms with E-state index in [2.05, 4.69) is 17.1 Å². The molecule has 0 saturated carbocycles. The van der Waals surface area contributed by atoms with Crippen LogP contribution in [0.15, 0.2) is 29.3 Å². The van der Waals surface area contributed by atoms with Gasteiger partial charge >= 0.3 is 0 Å². The van der Waals surface area contributed by atoms with E-state index >= 15 is 0 Å². The maximum Gasteiger partial charge on any atom is 0.194 e. The highest BCUT2D eigenvalue weighted by Gasteiger charge is 2.42. The van der Waals surface area contributed by atoms with Crippen LogP contribution in [0.2, 0.25) is 0 Å². The van der Waals surface area contributed by atoms with Gasteiger partial charge < -0.3 is 20.1 Å². The number of hydrogen-bond acceptors (Lipinski definition) is 3. The molecule has 0 amide bonds. The van der Waals surface area contributed by atoms with Crippen molar-refractivity contribution in [1.29, 1.82) is 0 Å². The van der Waals surface area contributed by atoms with Crippen molar-refractivity contribution in [2.75, 3.05) is 39.4 Å². The van der Waals surface area contributed by atoms with E-state index in [4.69, 9.17) is 9.73 Å². The van der Waals surface area contributed by atoms with Crippen LogP contribution in [0, 0.1) is 12.3 Å². The number of nitrogens with zero attached hydrogens (tertiary/aromatic N) is 2. The molecule has 1 spiro atoms. The van der Waals surface area contributed by atoms with Crippen molar-refractivity contribution >= 4 is 5.96 Å². The lowest BCUT2D eigenvalue weighted by molar-refractivity contribution is 0.156. The minimum absolute atomic E-state index is 0.311. The number of ether oxygens (including phenoxy) is 1. The smallest absolute Gasteiger partial charge is 0.194 e. The molecule has 2 unspecified atom stereocenters. The van der Waals surface area contributed by atoms with E-state index in [9.17, 15) is 5.11 Å². The van der Waals surface area contributed by atoms with Crippen molar-refractivity contribution in [2.24, 2.45) is 10.4 Å². The fourth-order valence-corrected chi connectivity index (χ4v) is 3.67. The Morgan fingerprint density at radius 1 is 1.46 bits per heavy atom. The number of hydrogen-bond donors (Lipinski definition) is 2. The first-order chi connectivity index (χ1) is 11.6. The lowest BCUT2D eigenvalue weighted by Gasteiger charge is -2.25. The number of nitrogens with one attached hydrogen (secondary N) is 1. The first kappa shape index (κ1) is 17.2. The fraction of sp³-hybridized carbons (Fsp3) is 0.632. The zero-order valence-electron chi connectivity index (χ0n) is 14.8. The molecule has 5 nitrogen and oxygen atoms in total. The summed E-state index contributed by atoms with van der Waals surface area (Å²) in [4.78, 5) is 7.02. The number of aliphatic hydroxyl groups excluding tert-OH is 1. The molecule has 2 aliphatic heterocycles. The molecule has 132 valence electrons. The van der Waals surface area contributed by atoms with Gasteiger partial charge in [0.05, 0.1) is 19.3 Å². The molecule has 3 rings (SSSR count). The third-order valence-electron chi connectivity index (χ3n) is 5.10. The van der Waals surface area contributed by atoms with E-state index in [1.165, 1.54) is 0 Å². The summed E-state index contributed by atoms with van der Waals surface area (Å²) in [5.74, 6) is 0.910. The summed E-state index contributed by atoms with van der Waals surface area (Å²) in [7, 11) is 0. The number of likely N-dealkylation sites (tertiary alicyclic amines) is 1. The standard InChI is InChI=1S/C19H29N3O2/c1-3-20-18(22-9-7-19(13-22)8-10-24-14-19)21-12-17(23)16-6-4-5-15(2)11-16/h4-6,11,17,23H,3,7-10,12-14H2,1-2H3,(H,20,21). The summed E-state index contributed by atoms with van der Waals surface area (Å²) in [5.41, 5.74) is 2.40. The molecule has 2 heterocycles. The Morgan fingerprint density at radius 3 is 3.04 bits per heavy atom. The largest absolute Gasteiger partial charge is 0.386 e. The molecule has 1 aromatic rings. The van der Waals surface area contributed by atoms with E-state index in [0.29, 0.717) is 12.0 Å². The average Bonchev–Trinajstić information content (AvgIpc) is 3.21. The second-order valence-corrected chi connectivity index (χ2v) is 7.10. The summed E-state index contributed by atoms with van der Waals surface area (Å²) in [6, 6.07) is 8.00. The van der Waals surface area contributed by atoms with Gasteiger partial charge in [-0.2, -0.15) is 0 Å². The zero-order valence-corrected chi connectivity index (χ0v) is 14.8. The fourth-order valence-electron chi connectivity index (χ4n) is 3.67. The maximum absolute atomic E-state index is 10.4. The number of rotatable bonds is 4. The van der Waals surface area contributed by atoms with Gasteiger partial charge in [-0.25, -0.2) is 0 Å². The SMILES string of the molecule is CCNC(=NCC(O)c1cccc(C)c1)N1CCC2(CCOC2)C1. The molecule has 2 aliphatic rings. The van der Waals surface area contributed by atoms with Crippen LogP contribution < -0.4 is 5.32 Å². The van der Waals surface area contributed by atoms with Crippen LogP contribution in [0.5, 0.6) is 0 Å². The quantitative estimate of drug-likeness (QED) is 0.655. The topological polar surface area (TPSA) is 57.1 Å². The molecule has 2 N–H and O–H groups in total. The third kappa shape index (κ3) is 3.90. The van der Waals surface area contributed by atoms with Crippen LogP contribution in [-0.2, 0) is 4.74 Å². The minimum Gasteiger partial charge on any atom is -0.386 e. The summed E-state index contributed by atoms with van der Waals surface area (Å²) >= 11 is 0. The molecule has 0 aromatic heterocycles. The van der Waals surface area contributed by atoms with Gasteiger partial charge in [-0.1, -0.05) is 29.8 Å². The highest BCUT2D eigenvalue weighted by atomic mass is 16.5. The second kappa shape index (κ2) is 7.53. The minimum atomic E-state index is -0.565. The Morgan fingerprint density at radius 2 is 2.33 bits per heavy atom. The van der Waals surface area contributed by atoms with Gasteiger partial charge in [0.15, 0.2) is 5.96 Å². The molecule has 24 heavy (non-hydrogen) atoms. The van der Waals surface area contributed by atoms with Crippen LogP contribution in [0.25, 0.3) is 0 Å². The maximum atomic E-state index is 10.4. The molecular weight excluding hydrogens is 302 g/mol. The first-order valence-corrected chi connectivity index (χ1v) is 8.97. The average molecular weight is 331 g/mol. The second-order valence-electron chi connectivity index (χ2n) is 7.10. The first-order valence-electron chi connectivity index (χ1n) is 8.97. The van der Waals surface area contributed by atoms with Gasteiger partial charge in [-0.3, -0.25) is 4.99 Å². The lowest BCUT2D eigenvalue weighted by atomic mass is 9.87. The monoisotopic (exact) mass is 331 g/mol. The van der Waals surface area contributed by atoms with Gasteiger partial charge in [0, 0.05) is 31.7 Å². The number of benzene rings is 1. The van der Waals surface area contributed by atoms with Gasteiger partial charge in [0.1, 0.15) is 0 Å². The predicted octanol–water partition coefficient (Wildman–Crippen LogP) is 2.11. The van der Waals surface area contributed by atoms with E-state index in [-0.39, 0.29) is 0 Å². The van der Waals surface area contributed by atoms with Crippen molar-refractivity contribution in [3.63, 3.8) is 0 Å². The predicted molar refractivity (Wildman–Crippen MR) is 96.2 cm³/mol. The molecule has 0 aliphatic carbocycles. The molecule has 0 bridgehead atoms. The van der Waals surface area contributed by atoms with Gasteiger partial charge in [0.25, 0.3) is 0 Å². The van der Waals surface area contributed by atoms with Crippen LogP contribution in [0.3, 0.4) is 0 Å². The van der Waals surface area contributed by atoms with E-state index in [1.54, 1.807) is 0 Å². The van der Waals surface area contributed by atoms with E-state index in [1.807, 2.05) is 31.2 Å². The Balaban J connectivity index is 1.65. The molecule has 5 heteroatoms. The molecule has 2 atom stereocenters. The van der Waals surface area contributed by atoms with Gasteiger partial charge in [0.2, 0.25) is 0 Å². The highest BCUT2D eigenvalue weighted by molar-refractivity contribution is 5.80. The normalized spacial score (nSPS) is 25.5. The Hall–Kier alpha value is -1.59. The summed E-state index contributed by atoms with van der Waals surface area (Å²) in [6.45, 7) is 9.09. The Kier molecular flexibility index (Phi) is 5.41. The van der Waals surface area contributed by atoms with Crippen molar-refractivity contribution in [1.82, 2.24) is 10.2 Å². The summed E-state index contributed by atoms with van der Waals surface area (Å²) < 4.78 is 5.61. The summed E-state index contributed by atoms with van der Waals surface area (Å²) in [5, 5.41) is 13.8. The van der Waals surface area contributed by atoms with Crippen LogP contribution in [0.1, 0.15) is 37.0 Å². The van der Waals surface area contributed by atoms with Crippen molar-refractivity contribution in [2.45, 2.75) is 32.8 Å². The zero-order chi connectivity index (χ0) is 17.0. The summed E-state index contributed by atoms with van der Waals surface area (Å²) in [6.07, 6.45) is 1.75. The van der Waals surface area contributed by atoms with Crippen molar-refractivity contribution in [3.05, 3.63) is 35.4 Å². The van der Waals surface area contributed by atoms with Crippen LogP contribution >= 0.6 is 0 Å². The molecular formula is C19H29N3O2. The Labute approximate surface area is 144 Å². The molecule has 2 fully saturated rings. The van der Waals surface area contributed by atoms with Crippen molar-refractivity contribution < 1.29 is 9.84 Å². The Bertz CT molecular complexity index is 582. The molecule has 1 aromatic carbocycles. The van der Waals surface area contributed by atoms with Crippen molar-refractivity contribution in [3.8, 4) is 0 Å². The van der Waals surface area contributed by atoms with E-state index in [0.717, 1.165) is 62.8 Å².